The molecule has 0 spiro atoms. The first-order valence-corrected chi connectivity index (χ1v) is 6.13. The van der Waals surface area contributed by atoms with Crippen molar-refractivity contribution in [3.63, 3.8) is 0 Å². The van der Waals surface area contributed by atoms with E-state index in [-0.39, 0.29) is 11.0 Å². The maximum atomic E-state index is 11.3. The van der Waals surface area contributed by atoms with Crippen molar-refractivity contribution in [3.8, 4) is 0 Å². The number of piperidine rings is 1. The predicted molar refractivity (Wildman–Crippen MR) is 70.8 cm³/mol. The molecule has 98 valence electrons. The molecule has 0 bridgehead atoms. The van der Waals surface area contributed by atoms with Crippen molar-refractivity contribution in [2.24, 2.45) is 5.41 Å². The molecule has 5 nitrogen and oxygen atoms in total. The van der Waals surface area contributed by atoms with Gasteiger partial charge in [0.2, 0.25) is 0 Å². The summed E-state index contributed by atoms with van der Waals surface area (Å²) in [6, 6.07) is 1.48. The summed E-state index contributed by atoms with van der Waals surface area (Å²) in [6.45, 7) is 6.05. The van der Waals surface area contributed by atoms with Gasteiger partial charge in [-0.1, -0.05) is 13.8 Å². The second-order valence-corrected chi connectivity index (χ2v) is 5.63. The van der Waals surface area contributed by atoms with Crippen LogP contribution in [-0.4, -0.2) is 29.1 Å². The molecule has 2 rings (SSSR count). The zero-order valence-electron chi connectivity index (χ0n) is 10.8. The van der Waals surface area contributed by atoms with Crippen molar-refractivity contribution in [1.82, 2.24) is 4.98 Å². The molecule has 0 aliphatic carbocycles. The average molecular weight is 249 g/mol. The third-order valence-electron chi connectivity index (χ3n) is 3.32. The number of aromatic nitrogens is 1. The van der Waals surface area contributed by atoms with E-state index in [1.807, 2.05) is 4.90 Å². The zero-order valence-corrected chi connectivity index (χ0v) is 10.8. The Balaban J connectivity index is 2.35. The molecule has 18 heavy (non-hydrogen) atoms. The summed E-state index contributed by atoms with van der Waals surface area (Å²) in [5.74, 6) is -0.447. The van der Waals surface area contributed by atoms with Crippen molar-refractivity contribution in [2.45, 2.75) is 26.7 Å². The molecule has 1 aliphatic heterocycles. The average Bonchev–Trinajstić information content (AvgIpc) is 2.27. The highest BCUT2D eigenvalue weighted by Crippen LogP contribution is 2.32. The Morgan fingerprint density at radius 1 is 1.56 bits per heavy atom. The van der Waals surface area contributed by atoms with Crippen LogP contribution in [0.4, 0.5) is 11.5 Å². The van der Waals surface area contributed by atoms with E-state index in [1.165, 1.54) is 12.3 Å². The molecule has 0 saturated carbocycles. The number of rotatable bonds is 2. The summed E-state index contributed by atoms with van der Waals surface area (Å²) in [6.07, 6.45) is 3.72. The fourth-order valence-corrected chi connectivity index (χ4v) is 2.49. The number of carbonyl (C=O) groups is 1. The lowest BCUT2D eigenvalue weighted by Gasteiger charge is -2.39. The lowest BCUT2D eigenvalue weighted by molar-refractivity contribution is 0.0697. The Bertz CT molecular complexity index is 471. The number of nitrogen functional groups attached to an aromatic ring is 1. The quantitative estimate of drug-likeness (QED) is 0.838. The summed E-state index contributed by atoms with van der Waals surface area (Å²) >= 11 is 0. The van der Waals surface area contributed by atoms with Gasteiger partial charge in [0, 0.05) is 13.1 Å². The van der Waals surface area contributed by atoms with Crippen LogP contribution in [0.25, 0.3) is 0 Å². The highest BCUT2D eigenvalue weighted by atomic mass is 16.4. The topological polar surface area (TPSA) is 79.5 Å². The number of hydrogen-bond donors (Lipinski definition) is 2. The summed E-state index contributed by atoms with van der Waals surface area (Å²) in [5.41, 5.74) is 6.36. The molecule has 0 unspecified atom stereocenters. The molecule has 5 heteroatoms. The highest BCUT2D eigenvalue weighted by Gasteiger charge is 2.29. The number of hydrogen-bond acceptors (Lipinski definition) is 4. The van der Waals surface area contributed by atoms with Gasteiger partial charge in [-0.15, -0.1) is 0 Å². The minimum Gasteiger partial charge on any atom is -0.478 e. The molecule has 1 aromatic heterocycles. The number of carboxylic acid groups (broad SMARTS) is 1. The third-order valence-corrected chi connectivity index (χ3v) is 3.32. The molecule has 1 aromatic rings. The van der Waals surface area contributed by atoms with Crippen molar-refractivity contribution in [2.75, 3.05) is 23.7 Å². The minimum absolute atomic E-state index is 0.188. The summed E-state index contributed by atoms with van der Waals surface area (Å²) in [7, 11) is 0. The maximum absolute atomic E-state index is 11.3. The van der Waals surface area contributed by atoms with Crippen LogP contribution in [0.5, 0.6) is 0 Å². The van der Waals surface area contributed by atoms with Crippen LogP contribution in [0.3, 0.4) is 0 Å². The van der Waals surface area contributed by atoms with E-state index < -0.39 is 5.97 Å². The molecule has 3 N–H and O–H groups in total. The lowest BCUT2D eigenvalue weighted by atomic mass is 9.84. The Kier molecular flexibility index (Phi) is 3.15. The van der Waals surface area contributed by atoms with Crippen molar-refractivity contribution >= 4 is 17.5 Å². The normalized spacial score (nSPS) is 18.7. The van der Waals surface area contributed by atoms with Gasteiger partial charge in [-0.3, -0.25) is 0 Å². The Labute approximate surface area is 107 Å². The van der Waals surface area contributed by atoms with E-state index in [1.54, 1.807) is 0 Å². The number of nitrogens with zero attached hydrogens (tertiary/aromatic N) is 2. The fraction of sp³-hybridized carbons (Fsp3) is 0.538. The Morgan fingerprint density at radius 3 is 2.89 bits per heavy atom. The first-order chi connectivity index (χ1) is 8.39. The number of nitrogens with two attached hydrogens (primary N) is 1. The van der Waals surface area contributed by atoms with Gasteiger partial charge in [-0.25, -0.2) is 9.78 Å². The van der Waals surface area contributed by atoms with E-state index in [4.69, 9.17) is 5.73 Å². The molecule has 1 aliphatic rings. The number of anilines is 2. The summed E-state index contributed by atoms with van der Waals surface area (Å²) < 4.78 is 0. The molecule has 0 amide bonds. The standard InChI is InChI=1S/C13H19N3O2/c1-13(2)4-3-5-16(8-13)11-10(12(17)18)6-9(14)7-15-11/h6-7H,3-5,8,14H2,1-2H3,(H,17,18). The number of carboxylic acids is 1. The van der Waals surface area contributed by atoms with Crippen LogP contribution in [0.15, 0.2) is 12.3 Å². The molecule has 0 aromatic carbocycles. The molecular formula is C13H19N3O2. The van der Waals surface area contributed by atoms with Gasteiger partial charge in [0.05, 0.1) is 11.9 Å². The predicted octanol–water partition coefficient (Wildman–Crippen LogP) is 1.99. The van der Waals surface area contributed by atoms with Gasteiger partial charge in [-0.2, -0.15) is 0 Å². The SMILES string of the molecule is CC1(C)CCCN(c2ncc(N)cc2C(=O)O)C1. The third kappa shape index (κ3) is 2.55. The molecule has 2 heterocycles. The van der Waals surface area contributed by atoms with Crippen molar-refractivity contribution in [1.29, 1.82) is 0 Å². The minimum atomic E-state index is -0.979. The summed E-state index contributed by atoms with van der Waals surface area (Å²) in [5, 5.41) is 9.23. The first kappa shape index (κ1) is 12.7. The second kappa shape index (κ2) is 4.48. The fourth-order valence-electron chi connectivity index (χ4n) is 2.49. The van der Waals surface area contributed by atoms with Crippen LogP contribution >= 0.6 is 0 Å². The van der Waals surface area contributed by atoms with E-state index in [9.17, 15) is 9.90 Å². The van der Waals surface area contributed by atoms with E-state index in [0.717, 1.165) is 25.9 Å². The van der Waals surface area contributed by atoms with Gasteiger partial charge in [-0.05, 0) is 24.3 Å². The maximum Gasteiger partial charge on any atom is 0.339 e. The zero-order chi connectivity index (χ0) is 13.3. The Morgan fingerprint density at radius 2 is 2.28 bits per heavy atom. The largest absolute Gasteiger partial charge is 0.478 e. The smallest absolute Gasteiger partial charge is 0.339 e. The van der Waals surface area contributed by atoms with Gasteiger partial charge < -0.3 is 15.7 Å². The van der Waals surface area contributed by atoms with Crippen LogP contribution < -0.4 is 10.6 Å². The molecule has 1 saturated heterocycles. The second-order valence-electron chi connectivity index (χ2n) is 5.63. The Hall–Kier alpha value is -1.78. The highest BCUT2D eigenvalue weighted by molar-refractivity contribution is 5.94. The van der Waals surface area contributed by atoms with Crippen LogP contribution in [-0.2, 0) is 0 Å². The van der Waals surface area contributed by atoms with E-state index in [2.05, 4.69) is 18.8 Å². The van der Waals surface area contributed by atoms with Gasteiger partial charge in [0.25, 0.3) is 0 Å². The van der Waals surface area contributed by atoms with Crippen molar-refractivity contribution in [3.05, 3.63) is 17.8 Å². The van der Waals surface area contributed by atoms with Gasteiger partial charge >= 0.3 is 5.97 Å². The van der Waals surface area contributed by atoms with Crippen molar-refractivity contribution < 1.29 is 9.90 Å². The van der Waals surface area contributed by atoms with E-state index >= 15 is 0 Å². The first-order valence-electron chi connectivity index (χ1n) is 6.13. The van der Waals surface area contributed by atoms with Crippen LogP contribution in [0.1, 0.15) is 37.0 Å². The molecule has 0 atom stereocenters. The summed E-state index contributed by atoms with van der Waals surface area (Å²) in [4.78, 5) is 17.5. The van der Waals surface area contributed by atoms with Crippen LogP contribution in [0.2, 0.25) is 0 Å². The van der Waals surface area contributed by atoms with Crippen LogP contribution in [0, 0.1) is 5.41 Å². The van der Waals surface area contributed by atoms with Gasteiger partial charge in [0.15, 0.2) is 0 Å². The number of aromatic carboxylic acids is 1. The number of pyridine rings is 1. The monoisotopic (exact) mass is 249 g/mol. The lowest BCUT2D eigenvalue weighted by Crippen LogP contribution is -2.41. The molecule has 1 fully saturated rings. The molecule has 0 radical (unpaired) electrons. The molecular weight excluding hydrogens is 230 g/mol. The van der Waals surface area contributed by atoms with E-state index in [0.29, 0.717) is 11.5 Å². The van der Waals surface area contributed by atoms with Gasteiger partial charge in [0.1, 0.15) is 11.4 Å².